The maximum Gasteiger partial charge on any atom is 0.0649 e. The quantitative estimate of drug-likeness (QED) is 0.513. The summed E-state index contributed by atoms with van der Waals surface area (Å²) in [7, 11) is -0.00295. The highest BCUT2D eigenvalue weighted by molar-refractivity contribution is 7.64. The van der Waals surface area contributed by atoms with Gasteiger partial charge in [0.05, 0.1) is 6.04 Å². The third-order valence-electron chi connectivity index (χ3n) is 8.98. The molecule has 2 aromatic rings. The molecule has 0 spiro atoms. The van der Waals surface area contributed by atoms with Gasteiger partial charge in [-0.05, 0) is 86.6 Å². The van der Waals surface area contributed by atoms with Gasteiger partial charge >= 0.3 is 0 Å². The molecule has 3 heterocycles. The summed E-state index contributed by atoms with van der Waals surface area (Å²) in [5.41, 5.74) is 8.91. The summed E-state index contributed by atoms with van der Waals surface area (Å²) < 4.78 is 3.20. The number of fused-ring (bicyclic) bond motifs is 8. The second-order valence-electron chi connectivity index (χ2n) is 10.4. The Morgan fingerprint density at radius 1 is 0.667 bits per heavy atom. The molecule has 136 valence electrons. The first kappa shape index (κ1) is 14.8. The lowest BCUT2D eigenvalue weighted by Gasteiger charge is -2.63. The predicted molar refractivity (Wildman–Crippen MR) is 110 cm³/mol. The molecular formula is C25H26NP. The van der Waals surface area contributed by atoms with E-state index in [0.717, 1.165) is 29.1 Å². The molecule has 0 N–H and O–H groups in total. The maximum absolute atomic E-state index is 3.20. The highest BCUT2D eigenvalue weighted by atomic mass is 31.1. The van der Waals surface area contributed by atoms with Gasteiger partial charge in [0.15, 0.2) is 0 Å². The van der Waals surface area contributed by atoms with Crippen LogP contribution in [-0.4, -0.2) is 10.2 Å². The average molecular weight is 371 g/mol. The van der Waals surface area contributed by atoms with Crippen LogP contribution in [0.1, 0.15) is 78.1 Å². The van der Waals surface area contributed by atoms with Crippen molar-refractivity contribution in [2.24, 2.45) is 17.8 Å². The Kier molecular flexibility index (Phi) is 2.57. The summed E-state index contributed by atoms with van der Waals surface area (Å²) in [6, 6.07) is 19.6. The smallest absolute Gasteiger partial charge is 0.0649 e. The molecule has 27 heavy (non-hydrogen) atoms. The zero-order valence-corrected chi connectivity index (χ0v) is 16.6. The molecule has 0 aromatic heterocycles. The van der Waals surface area contributed by atoms with Crippen molar-refractivity contribution in [1.82, 2.24) is 4.67 Å². The minimum atomic E-state index is -0.00295. The van der Waals surface area contributed by atoms with E-state index in [1.807, 2.05) is 0 Å². The van der Waals surface area contributed by atoms with Crippen molar-refractivity contribution in [3.63, 3.8) is 0 Å². The molecular weight excluding hydrogens is 345 g/mol. The van der Waals surface area contributed by atoms with Crippen LogP contribution in [0.15, 0.2) is 48.5 Å². The van der Waals surface area contributed by atoms with Gasteiger partial charge in [0.1, 0.15) is 0 Å². The first-order valence-corrected chi connectivity index (χ1v) is 12.5. The van der Waals surface area contributed by atoms with Crippen molar-refractivity contribution in [1.29, 1.82) is 0 Å². The van der Waals surface area contributed by atoms with Crippen LogP contribution in [0.25, 0.3) is 0 Å². The fourth-order valence-electron chi connectivity index (χ4n) is 8.60. The number of nitrogens with zero attached hydrogens (tertiary/aromatic N) is 1. The normalized spacial score (nSPS) is 47.5. The van der Waals surface area contributed by atoms with Gasteiger partial charge in [0.2, 0.25) is 0 Å². The van der Waals surface area contributed by atoms with Crippen molar-refractivity contribution >= 4 is 8.07 Å². The van der Waals surface area contributed by atoms with E-state index in [-0.39, 0.29) is 8.07 Å². The van der Waals surface area contributed by atoms with Gasteiger partial charge in [0.25, 0.3) is 0 Å². The van der Waals surface area contributed by atoms with Crippen LogP contribution >= 0.6 is 8.07 Å². The Morgan fingerprint density at radius 3 is 1.59 bits per heavy atom. The van der Waals surface area contributed by atoms with Gasteiger partial charge in [-0.25, -0.2) is 0 Å². The third kappa shape index (κ3) is 1.68. The molecule has 3 aliphatic heterocycles. The van der Waals surface area contributed by atoms with Gasteiger partial charge < -0.3 is 0 Å². The molecule has 4 saturated carbocycles. The van der Waals surface area contributed by atoms with E-state index in [0.29, 0.717) is 11.6 Å². The van der Waals surface area contributed by atoms with Crippen LogP contribution < -0.4 is 0 Å². The minimum Gasteiger partial charge on any atom is -0.263 e. The molecule has 1 saturated heterocycles. The van der Waals surface area contributed by atoms with Crippen molar-refractivity contribution in [3.8, 4) is 0 Å². The molecule has 2 aromatic carbocycles. The predicted octanol–water partition coefficient (Wildman–Crippen LogP) is 6.57. The van der Waals surface area contributed by atoms with Gasteiger partial charge in [-0.15, -0.1) is 0 Å². The number of rotatable bonds is 1. The van der Waals surface area contributed by atoms with E-state index >= 15 is 0 Å². The van der Waals surface area contributed by atoms with Crippen LogP contribution in [0, 0.1) is 17.8 Å². The Morgan fingerprint density at radius 2 is 1.11 bits per heavy atom. The zero-order chi connectivity index (χ0) is 17.3. The SMILES string of the molecule is c1ccc2c(c1)C1c3ccccc3C3C2P3N1C12CC3CC(CC(C3)C1)C2. The lowest BCUT2D eigenvalue weighted by molar-refractivity contribution is -0.0637. The average Bonchev–Trinajstić information content (AvgIpc) is 3.44. The molecule has 0 amide bonds. The summed E-state index contributed by atoms with van der Waals surface area (Å²) >= 11 is 0. The van der Waals surface area contributed by atoms with Crippen LogP contribution in [-0.2, 0) is 0 Å². The second-order valence-corrected chi connectivity index (χ2v) is 12.7. The third-order valence-corrected chi connectivity index (χ3v) is 12.1. The fourth-order valence-corrected chi connectivity index (χ4v) is 12.4. The highest BCUT2D eigenvalue weighted by Crippen LogP contribution is 2.94. The molecule has 6 bridgehead atoms. The number of benzene rings is 2. The molecule has 0 radical (unpaired) electrons. The van der Waals surface area contributed by atoms with E-state index in [1.165, 1.54) is 19.3 Å². The van der Waals surface area contributed by atoms with Crippen LogP contribution in [0.3, 0.4) is 0 Å². The van der Waals surface area contributed by atoms with Gasteiger partial charge in [-0.1, -0.05) is 48.5 Å². The van der Waals surface area contributed by atoms with Crippen molar-refractivity contribution in [3.05, 3.63) is 70.8 Å². The Balaban J connectivity index is 1.37. The molecule has 2 atom stereocenters. The molecule has 1 nitrogen and oxygen atoms in total. The van der Waals surface area contributed by atoms with E-state index in [2.05, 4.69) is 53.2 Å². The van der Waals surface area contributed by atoms with E-state index in [1.54, 1.807) is 41.5 Å². The van der Waals surface area contributed by atoms with Crippen LogP contribution in [0.2, 0.25) is 0 Å². The van der Waals surface area contributed by atoms with Crippen molar-refractivity contribution in [2.45, 2.75) is 61.4 Å². The highest BCUT2D eigenvalue weighted by Gasteiger charge is 2.69. The first-order valence-electron chi connectivity index (χ1n) is 11.1. The summed E-state index contributed by atoms with van der Waals surface area (Å²) in [5.74, 6) is 3.11. The Labute approximate surface area is 163 Å². The molecule has 9 rings (SSSR count). The Bertz CT molecular complexity index is 891. The van der Waals surface area contributed by atoms with Crippen molar-refractivity contribution in [2.75, 3.05) is 0 Å². The number of hydrogen-bond donors (Lipinski definition) is 0. The summed E-state index contributed by atoms with van der Waals surface area (Å²) in [4.78, 5) is 0. The molecule has 5 fully saturated rings. The molecule has 2 heteroatoms. The second kappa shape index (κ2) is 4.69. The van der Waals surface area contributed by atoms with E-state index in [9.17, 15) is 0 Å². The number of hydrogen-bond acceptors (Lipinski definition) is 1. The zero-order valence-electron chi connectivity index (χ0n) is 15.7. The van der Waals surface area contributed by atoms with Crippen LogP contribution in [0.4, 0.5) is 0 Å². The lowest BCUT2D eigenvalue weighted by atomic mass is 9.52. The maximum atomic E-state index is 3.20. The molecule has 4 aliphatic carbocycles. The fraction of sp³-hybridized carbons (Fsp3) is 0.520. The molecule has 7 aliphatic rings. The summed E-state index contributed by atoms with van der Waals surface area (Å²) in [6.07, 6.45) is 9.19. The van der Waals surface area contributed by atoms with Gasteiger partial charge in [-0.2, -0.15) is 0 Å². The first-order chi connectivity index (χ1) is 13.3. The Hall–Kier alpha value is -1.17. The summed E-state index contributed by atoms with van der Waals surface area (Å²) in [6.45, 7) is 0. The minimum absolute atomic E-state index is 0.00295. The molecule has 2 unspecified atom stereocenters. The lowest BCUT2D eigenvalue weighted by Crippen LogP contribution is -2.59. The van der Waals surface area contributed by atoms with Crippen LogP contribution in [0.5, 0.6) is 0 Å². The summed E-state index contributed by atoms with van der Waals surface area (Å²) in [5, 5.41) is 0. The van der Waals surface area contributed by atoms with Gasteiger partial charge in [0, 0.05) is 16.9 Å². The van der Waals surface area contributed by atoms with Crippen molar-refractivity contribution < 1.29 is 0 Å². The van der Waals surface area contributed by atoms with Gasteiger partial charge in [-0.3, -0.25) is 4.67 Å². The van der Waals surface area contributed by atoms with E-state index in [4.69, 9.17) is 0 Å². The largest absolute Gasteiger partial charge is 0.263 e. The topological polar surface area (TPSA) is 3.24 Å². The van der Waals surface area contributed by atoms with E-state index < -0.39 is 0 Å². The standard InChI is InChI=1S/C25H26NP/c1-3-7-20-18(5-1)22-19-6-2-4-8-21(19)24-23(20)27(24)26(22)25-12-15-9-16(13-25)11-17(10-15)14-25/h1-8,15-17,22-24H,9-14H2. The monoisotopic (exact) mass is 371 g/mol.